The van der Waals surface area contributed by atoms with Crippen molar-refractivity contribution in [1.82, 2.24) is 20.1 Å². The molecule has 0 fully saturated rings. The topological polar surface area (TPSA) is 118 Å². The van der Waals surface area contributed by atoms with Crippen LogP contribution in [0.2, 0.25) is 10.0 Å². The molecule has 2 aromatic carbocycles. The Hall–Kier alpha value is -3.05. The van der Waals surface area contributed by atoms with Gasteiger partial charge in [0.25, 0.3) is 5.91 Å². The van der Waals surface area contributed by atoms with Crippen molar-refractivity contribution in [3.63, 3.8) is 0 Å². The molecular formula is C23H23Cl2N5O4S. The number of allylic oxidation sites excluding steroid dienone is 1. The predicted octanol–water partition coefficient (Wildman–Crippen LogP) is 3.97. The van der Waals surface area contributed by atoms with E-state index in [0.717, 1.165) is 11.8 Å². The molecule has 0 radical (unpaired) electrons. The molecule has 1 atom stereocenters. The highest BCUT2D eigenvalue weighted by Gasteiger charge is 2.23. The van der Waals surface area contributed by atoms with Gasteiger partial charge in [-0.25, -0.2) is 0 Å². The van der Waals surface area contributed by atoms with Crippen molar-refractivity contribution in [2.45, 2.75) is 17.7 Å². The van der Waals surface area contributed by atoms with Crippen molar-refractivity contribution < 1.29 is 19.4 Å². The van der Waals surface area contributed by atoms with Crippen LogP contribution in [0.3, 0.4) is 0 Å². The van der Waals surface area contributed by atoms with Crippen molar-refractivity contribution in [3.8, 4) is 5.75 Å². The Morgan fingerprint density at radius 2 is 1.89 bits per heavy atom. The number of rotatable bonds is 11. The molecule has 0 spiro atoms. The fourth-order valence-corrected chi connectivity index (χ4v) is 4.38. The number of carbonyl (C=O) groups is 2. The number of benzene rings is 2. The van der Waals surface area contributed by atoms with E-state index < -0.39 is 18.6 Å². The number of methoxy groups -OCH3 is 1. The molecule has 0 saturated heterocycles. The second-order valence-corrected chi connectivity index (χ2v) is 8.99. The van der Waals surface area contributed by atoms with E-state index in [1.54, 1.807) is 53.1 Å². The van der Waals surface area contributed by atoms with Gasteiger partial charge in [-0.3, -0.25) is 9.59 Å². The third-order valence-electron chi connectivity index (χ3n) is 4.69. The molecule has 2 amide bonds. The molecule has 1 heterocycles. The zero-order valence-corrected chi connectivity index (χ0v) is 21.0. The lowest BCUT2D eigenvalue weighted by Crippen LogP contribution is -2.33. The number of nitrogens with one attached hydrogen (secondary N) is 2. The summed E-state index contributed by atoms with van der Waals surface area (Å²) in [6.45, 7) is 3.65. The molecule has 0 saturated carbocycles. The summed E-state index contributed by atoms with van der Waals surface area (Å²) < 4.78 is 6.78. The van der Waals surface area contributed by atoms with Crippen molar-refractivity contribution in [1.29, 1.82) is 0 Å². The number of aliphatic hydroxyl groups excluding tert-OH is 1. The van der Waals surface area contributed by atoms with E-state index >= 15 is 0 Å². The Morgan fingerprint density at radius 3 is 2.49 bits per heavy atom. The fraction of sp³-hybridized carbons (Fsp3) is 0.217. The standard InChI is InChI=1S/C23H23Cl2N5O4S/c1-3-8-30-21(19(12-31)27-22(33)14-4-6-18(34-2)7-5-14)28-29-23(30)35-13-20(32)26-17-10-15(24)9-16(25)11-17/h3-7,9-11,19,31H,1,8,12-13H2,2H3,(H,26,32)(H,27,33)/t19-/m0/s1. The first-order chi connectivity index (χ1) is 16.8. The summed E-state index contributed by atoms with van der Waals surface area (Å²) >= 11 is 13.1. The molecule has 35 heavy (non-hydrogen) atoms. The number of hydrogen-bond acceptors (Lipinski definition) is 7. The lowest BCUT2D eigenvalue weighted by molar-refractivity contribution is -0.113. The Bertz CT molecular complexity index is 1180. The maximum atomic E-state index is 12.7. The molecule has 3 N–H and O–H groups in total. The van der Waals surface area contributed by atoms with E-state index in [2.05, 4.69) is 27.4 Å². The molecule has 3 aromatic rings. The molecule has 12 heteroatoms. The Morgan fingerprint density at radius 1 is 1.20 bits per heavy atom. The van der Waals surface area contributed by atoms with Crippen LogP contribution in [0.5, 0.6) is 5.75 Å². The van der Waals surface area contributed by atoms with Crippen molar-refractivity contribution >= 4 is 52.5 Å². The SMILES string of the molecule is C=CCn1c(SCC(=O)Nc2cc(Cl)cc(Cl)c2)nnc1[C@H](CO)NC(=O)c1ccc(OC)cc1. The lowest BCUT2D eigenvalue weighted by Gasteiger charge is -2.17. The maximum Gasteiger partial charge on any atom is 0.251 e. The van der Waals surface area contributed by atoms with Gasteiger partial charge in [-0.05, 0) is 42.5 Å². The number of aromatic nitrogens is 3. The molecule has 0 bridgehead atoms. The van der Waals surface area contributed by atoms with Gasteiger partial charge in [-0.2, -0.15) is 0 Å². The van der Waals surface area contributed by atoms with Crippen LogP contribution in [-0.2, 0) is 11.3 Å². The van der Waals surface area contributed by atoms with E-state index in [1.165, 1.54) is 7.11 Å². The molecule has 0 aliphatic rings. The van der Waals surface area contributed by atoms with Crippen LogP contribution in [0.4, 0.5) is 5.69 Å². The first kappa shape index (κ1) is 26.6. The Kier molecular flexibility index (Phi) is 9.55. The zero-order chi connectivity index (χ0) is 25.4. The predicted molar refractivity (Wildman–Crippen MR) is 136 cm³/mol. The summed E-state index contributed by atoms with van der Waals surface area (Å²) in [5, 5.41) is 25.0. The fourth-order valence-electron chi connectivity index (χ4n) is 3.09. The minimum atomic E-state index is -0.825. The summed E-state index contributed by atoms with van der Waals surface area (Å²) in [4.78, 5) is 25.1. The van der Waals surface area contributed by atoms with Crippen LogP contribution >= 0.6 is 35.0 Å². The minimum Gasteiger partial charge on any atom is -0.497 e. The van der Waals surface area contributed by atoms with E-state index in [4.69, 9.17) is 27.9 Å². The number of ether oxygens (including phenoxy) is 1. The molecule has 0 aliphatic heterocycles. The monoisotopic (exact) mass is 535 g/mol. The highest BCUT2D eigenvalue weighted by atomic mass is 35.5. The molecular weight excluding hydrogens is 513 g/mol. The summed E-state index contributed by atoms with van der Waals surface area (Å²) in [7, 11) is 1.54. The number of nitrogens with zero attached hydrogens (tertiary/aromatic N) is 3. The quantitative estimate of drug-likeness (QED) is 0.251. The molecule has 3 rings (SSSR count). The second-order valence-electron chi connectivity index (χ2n) is 7.17. The second kappa shape index (κ2) is 12.6. The zero-order valence-electron chi connectivity index (χ0n) is 18.7. The van der Waals surface area contributed by atoms with Crippen molar-refractivity contribution in [2.75, 3.05) is 24.8 Å². The lowest BCUT2D eigenvalue weighted by atomic mass is 10.2. The van der Waals surface area contributed by atoms with Crippen molar-refractivity contribution in [2.24, 2.45) is 0 Å². The van der Waals surface area contributed by atoms with Gasteiger partial charge in [0, 0.05) is 27.8 Å². The minimum absolute atomic E-state index is 0.0292. The van der Waals surface area contributed by atoms with Gasteiger partial charge in [0.2, 0.25) is 5.91 Å². The number of halogens is 2. The van der Waals surface area contributed by atoms with Crippen LogP contribution in [0.1, 0.15) is 22.2 Å². The highest BCUT2D eigenvalue weighted by Crippen LogP contribution is 2.24. The summed E-state index contributed by atoms with van der Waals surface area (Å²) in [5.74, 6) is 0.290. The summed E-state index contributed by atoms with van der Waals surface area (Å²) in [5.41, 5.74) is 0.870. The largest absolute Gasteiger partial charge is 0.497 e. The normalized spacial score (nSPS) is 11.5. The number of carbonyl (C=O) groups excluding carboxylic acids is 2. The molecule has 9 nitrogen and oxygen atoms in total. The highest BCUT2D eigenvalue weighted by molar-refractivity contribution is 7.99. The smallest absolute Gasteiger partial charge is 0.251 e. The average molecular weight is 536 g/mol. The molecule has 0 unspecified atom stereocenters. The van der Waals surface area contributed by atoms with Crippen LogP contribution in [0.25, 0.3) is 0 Å². The third-order valence-corrected chi connectivity index (χ3v) is 6.09. The van der Waals surface area contributed by atoms with Gasteiger partial charge in [0.1, 0.15) is 11.8 Å². The van der Waals surface area contributed by atoms with Crippen LogP contribution in [0.15, 0.2) is 60.3 Å². The van der Waals surface area contributed by atoms with E-state index in [1.807, 2.05) is 0 Å². The first-order valence-electron chi connectivity index (χ1n) is 10.3. The molecule has 184 valence electrons. The van der Waals surface area contributed by atoms with E-state index in [-0.39, 0.29) is 11.7 Å². The molecule has 0 aliphatic carbocycles. The molecule has 1 aromatic heterocycles. The van der Waals surface area contributed by atoms with E-state index in [0.29, 0.717) is 44.6 Å². The van der Waals surface area contributed by atoms with Gasteiger partial charge >= 0.3 is 0 Å². The van der Waals surface area contributed by atoms with E-state index in [9.17, 15) is 14.7 Å². The summed E-state index contributed by atoms with van der Waals surface area (Å²) in [6, 6.07) is 10.5. The van der Waals surface area contributed by atoms with Crippen LogP contribution in [0, 0.1) is 0 Å². The Balaban J connectivity index is 1.70. The average Bonchev–Trinajstić information content (AvgIpc) is 3.23. The van der Waals surface area contributed by atoms with Crippen molar-refractivity contribution in [3.05, 3.63) is 76.6 Å². The Labute approximate surface area is 216 Å². The van der Waals surface area contributed by atoms with Crippen LogP contribution < -0.4 is 15.4 Å². The number of hydrogen-bond donors (Lipinski definition) is 3. The van der Waals surface area contributed by atoms with Gasteiger partial charge in [0.15, 0.2) is 11.0 Å². The third kappa shape index (κ3) is 7.22. The number of amides is 2. The first-order valence-corrected chi connectivity index (χ1v) is 12.1. The summed E-state index contributed by atoms with van der Waals surface area (Å²) in [6.07, 6.45) is 1.63. The number of thioether (sulfide) groups is 1. The number of aliphatic hydroxyl groups is 1. The van der Waals surface area contributed by atoms with Gasteiger partial charge in [-0.15, -0.1) is 16.8 Å². The van der Waals surface area contributed by atoms with Gasteiger partial charge < -0.3 is 25.0 Å². The van der Waals surface area contributed by atoms with Gasteiger partial charge in [0.05, 0.1) is 19.5 Å². The van der Waals surface area contributed by atoms with Gasteiger partial charge in [-0.1, -0.05) is 41.0 Å². The van der Waals surface area contributed by atoms with Crippen LogP contribution in [-0.4, -0.2) is 51.2 Å². The number of anilines is 1. The maximum absolute atomic E-state index is 12.7.